The molecular formula is C23H25N3O5S. The van der Waals surface area contributed by atoms with Crippen LogP contribution in [-0.4, -0.2) is 45.6 Å². The minimum Gasteiger partial charge on any atom is -0.462 e. The second kappa shape index (κ2) is 9.86. The third-order valence-corrected chi connectivity index (χ3v) is 5.94. The Morgan fingerprint density at radius 2 is 1.84 bits per heavy atom. The number of rotatable bonds is 8. The molecule has 0 atom stereocenters. The molecule has 1 aliphatic heterocycles. The van der Waals surface area contributed by atoms with Crippen molar-refractivity contribution in [3.8, 4) is 5.69 Å². The van der Waals surface area contributed by atoms with Crippen LogP contribution in [0.4, 0.5) is 4.79 Å². The Morgan fingerprint density at radius 3 is 2.47 bits per heavy atom. The van der Waals surface area contributed by atoms with Gasteiger partial charge in [0.2, 0.25) is 5.91 Å². The minimum absolute atomic E-state index is 0.238. The summed E-state index contributed by atoms with van der Waals surface area (Å²) in [6, 6.07) is 9.01. The summed E-state index contributed by atoms with van der Waals surface area (Å²) in [5, 5.41) is -0.518. The maximum Gasteiger partial charge on any atom is 0.338 e. The van der Waals surface area contributed by atoms with Crippen LogP contribution in [0.2, 0.25) is 0 Å². The number of carbonyl (C=O) groups excluding carboxylic acids is 4. The molecule has 0 spiro atoms. The number of aromatic nitrogens is 1. The molecule has 1 aromatic heterocycles. The van der Waals surface area contributed by atoms with Gasteiger partial charge in [-0.2, -0.15) is 0 Å². The Bertz CT molecular complexity index is 1100. The van der Waals surface area contributed by atoms with Gasteiger partial charge in [0.25, 0.3) is 11.1 Å². The Morgan fingerprint density at radius 1 is 1.16 bits per heavy atom. The lowest BCUT2D eigenvalue weighted by atomic mass is 10.2. The predicted octanol–water partition coefficient (Wildman–Crippen LogP) is 3.57. The largest absolute Gasteiger partial charge is 0.462 e. The first-order chi connectivity index (χ1) is 15.2. The summed E-state index contributed by atoms with van der Waals surface area (Å²) < 4.78 is 7.23. The number of ether oxygens (including phenoxy) is 1. The lowest BCUT2D eigenvalue weighted by Gasteiger charge is -2.11. The number of nitrogens with two attached hydrogens (primary N) is 1. The number of esters is 1. The fourth-order valence-corrected chi connectivity index (χ4v) is 4.23. The number of aryl methyl sites for hydroxylation is 1. The number of nitrogens with zero attached hydrogens (tertiary/aromatic N) is 2. The van der Waals surface area contributed by atoms with Crippen molar-refractivity contribution >= 4 is 40.9 Å². The zero-order valence-electron chi connectivity index (χ0n) is 18.2. The van der Waals surface area contributed by atoms with Gasteiger partial charge < -0.3 is 15.0 Å². The predicted molar refractivity (Wildman–Crippen MR) is 122 cm³/mol. The molecule has 168 valence electrons. The molecule has 0 unspecified atom stereocenters. The summed E-state index contributed by atoms with van der Waals surface area (Å²) in [6.45, 7) is 5.83. The number of amides is 3. The SMILES string of the molecule is CCCCOC(=O)c1ccc(-n2c(C)cc(/C=C3\SC(=O)N(CC(N)=O)C3=O)c2C)cc1. The normalized spacial score (nSPS) is 15.0. The molecule has 9 heteroatoms. The number of unbranched alkanes of at least 4 members (excludes halogenated alkanes) is 1. The molecule has 1 aromatic carbocycles. The number of imide groups is 1. The van der Waals surface area contributed by atoms with E-state index in [2.05, 4.69) is 0 Å². The molecule has 32 heavy (non-hydrogen) atoms. The van der Waals surface area contributed by atoms with Gasteiger partial charge in [-0.15, -0.1) is 0 Å². The standard InChI is InChI=1S/C23H25N3O5S/c1-4-5-10-31-22(29)16-6-8-18(9-7-16)26-14(2)11-17(15(26)3)12-19-21(28)25(13-20(24)27)23(30)32-19/h6-9,11-12H,4-5,10,13H2,1-3H3,(H2,24,27)/b19-12-. The van der Waals surface area contributed by atoms with Crippen molar-refractivity contribution in [1.29, 1.82) is 0 Å². The topological polar surface area (TPSA) is 112 Å². The molecule has 0 aliphatic carbocycles. The molecule has 0 radical (unpaired) electrons. The molecule has 0 bridgehead atoms. The first-order valence-electron chi connectivity index (χ1n) is 10.2. The second-order valence-corrected chi connectivity index (χ2v) is 8.43. The van der Waals surface area contributed by atoms with Crippen LogP contribution in [0.5, 0.6) is 0 Å². The van der Waals surface area contributed by atoms with E-state index < -0.39 is 23.6 Å². The van der Waals surface area contributed by atoms with Gasteiger partial charge in [0.05, 0.1) is 17.1 Å². The highest BCUT2D eigenvalue weighted by molar-refractivity contribution is 8.18. The molecule has 1 aliphatic rings. The van der Waals surface area contributed by atoms with E-state index in [1.807, 2.05) is 43.5 Å². The monoisotopic (exact) mass is 455 g/mol. The molecule has 8 nitrogen and oxygen atoms in total. The van der Waals surface area contributed by atoms with Gasteiger partial charge in [0.1, 0.15) is 6.54 Å². The highest BCUT2D eigenvalue weighted by atomic mass is 32.2. The molecule has 3 amide bonds. The molecule has 3 rings (SSSR count). The number of thioether (sulfide) groups is 1. The Hall–Kier alpha value is -3.33. The maximum atomic E-state index is 12.5. The lowest BCUT2D eigenvalue weighted by Crippen LogP contribution is -2.36. The quantitative estimate of drug-likeness (QED) is 0.370. The van der Waals surface area contributed by atoms with Crippen LogP contribution in [0, 0.1) is 13.8 Å². The van der Waals surface area contributed by atoms with E-state index in [-0.39, 0.29) is 10.9 Å². The van der Waals surface area contributed by atoms with Gasteiger partial charge in [-0.1, -0.05) is 13.3 Å². The van der Waals surface area contributed by atoms with Crippen molar-refractivity contribution in [2.24, 2.45) is 5.73 Å². The van der Waals surface area contributed by atoms with Gasteiger partial charge in [-0.25, -0.2) is 4.79 Å². The van der Waals surface area contributed by atoms with E-state index in [9.17, 15) is 19.2 Å². The molecule has 1 fully saturated rings. The van der Waals surface area contributed by atoms with Crippen molar-refractivity contribution < 1.29 is 23.9 Å². The van der Waals surface area contributed by atoms with Crippen LogP contribution in [0.15, 0.2) is 35.2 Å². The molecular weight excluding hydrogens is 430 g/mol. The van der Waals surface area contributed by atoms with Gasteiger partial charge in [-0.05, 0) is 74.0 Å². The average Bonchev–Trinajstić information content (AvgIpc) is 3.17. The van der Waals surface area contributed by atoms with Gasteiger partial charge in [0.15, 0.2) is 0 Å². The van der Waals surface area contributed by atoms with Crippen LogP contribution in [-0.2, 0) is 14.3 Å². The molecule has 1 saturated heterocycles. The third kappa shape index (κ3) is 4.94. The van der Waals surface area contributed by atoms with Crippen LogP contribution >= 0.6 is 11.8 Å². The van der Waals surface area contributed by atoms with Crippen LogP contribution < -0.4 is 5.73 Å². The van der Waals surface area contributed by atoms with Gasteiger partial charge in [-0.3, -0.25) is 19.3 Å². The third-order valence-electron chi connectivity index (χ3n) is 5.04. The Kier molecular flexibility index (Phi) is 7.19. The van der Waals surface area contributed by atoms with Crippen molar-refractivity contribution in [2.45, 2.75) is 33.6 Å². The number of carbonyl (C=O) groups is 4. The first kappa shape index (κ1) is 23.3. The van der Waals surface area contributed by atoms with E-state index >= 15 is 0 Å². The van der Waals surface area contributed by atoms with Gasteiger partial charge >= 0.3 is 5.97 Å². The maximum absolute atomic E-state index is 12.5. The van der Waals surface area contributed by atoms with E-state index in [1.54, 1.807) is 18.2 Å². The van der Waals surface area contributed by atoms with Crippen LogP contribution in [0.3, 0.4) is 0 Å². The van der Waals surface area contributed by atoms with Crippen LogP contribution in [0.1, 0.15) is 47.1 Å². The lowest BCUT2D eigenvalue weighted by molar-refractivity contribution is -0.127. The molecule has 2 heterocycles. The zero-order chi connectivity index (χ0) is 23.4. The second-order valence-electron chi connectivity index (χ2n) is 7.43. The van der Waals surface area contributed by atoms with Crippen molar-refractivity contribution in [2.75, 3.05) is 13.2 Å². The molecule has 2 aromatic rings. The summed E-state index contributed by atoms with van der Waals surface area (Å²) in [6.07, 6.45) is 3.43. The minimum atomic E-state index is -0.746. The number of benzene rings is 1. The number of primary amides is 1. The van der Waals surface area contributed by atoms with E-state index in [0.717, 1.165) is 52.1 Å². The summed E-state index contributed by atoms with van der Waals surface area (Å²) in [4.78, 5) is 48.8. The zero-order valence-corrected chi connectivity index (χ0v) is 19.0. The van der Waals surface area contributed by atoms with Gasteiger partial charge in [0, 0.05) is 17.1 Å². The highest BCUT2D eigenvalue weighted by Crippen LogP contribution is 2.33. The summed E-state index contributed by atoms with van der Waals surface area (Å²) in [5.74, 6) is -1.63. The fraction of sp³-hybridized carbons (Fsp3) is 0.304. The first-order valence-corrected chi connectivity index (χ1v) is 11.0. The summed E-state index contributed by atoms with van der Waals surface area (Å²) in [5.41, 5.74) is 9.01. The smallest absolute Gasteiger partial charge is 0.338 e. The van der Waals surface area contributed by atoms with Crippen LogP contribution in [0.25, 0.3) is 11.8 Å². The fourth-order valence-electron chi connectivity index (χ4n) is 3.40. The van der Waals surface area contributed by atoms with Crippen molar-refractivity contribution in [3.05, 3.63) is 57.8 Å². The molecule has 2 N–H and O–H groups in total. The van der Waals surface area contributed by atoms with E-state index in [4.69, 9.17) is 10.5 Å². The van der Waals surface area contributed by atoms with Crippen molar-refractivity contribution in [1.82, 2.24) is 9.47 Å². The van der Waals surface area contributed by atoms with Crippen molar-refractivity contribution in [3.63, 3.8) is 0 Å². The number of hydrogen-bond donors (Lipinski definition) is 1. The summed E-state index contributed by atoms with van der Waals surface area (Å²) in [7, 11) is 0. The Balaban J connectivity index is 1.83. The average molecular weight is 456 g/mol. The van der Waals surface area contributed by atoms with E-state index in [0.29, 0.717) is 12.2 Å². The number of hydrogen-bond acceptors (Lipinski definition) is 6. The van der Waals surface area contributed by atoms with E-state index in [1.165, 1.54) is 0 Å². The molecule has 0 saturated carbocycles. The highest BCUT2D eigenvalue weighted by Gasteiger charge is 2.36. The Labute approximate surface area is 190 Å². The summed E-state index contributed by atoms with van der Waals surface area (Å²) >= 11 is 0.782.